The van der Waals surface area contributed by atoms with Gasteiger partial charge in [-0.15, -0.1) is 0 Å². The first-order chi connectivity index (χ1) is 11.3. The van der Waals surface area contributed by atoms with Crippen molar-refractivity contribution in [2.45, 2.75) is 44.4 Å². The molecule has 4 rings (SSSR count). The highest BCUT2D eigenvalue weighted by Crippen LogP contribution is 2.32. The molecule has 2 aromatic heterocycles. The van der Waals surface area contributed by atoms with Crippen molar-refractivity contribution in [2.24, 2.45) is 13.0 Å². The lowest BCUT2D eigenvalue weighted by molar-refractivity contribution is 0.0196. The molecule has 2 aliphatic rings. The Morgan fingerprint density at radius 3 is 2.91 bits per heavy atom. The molecule has 0 N–H and O–H groups in total. The molecule has 0 bridgehead atoms. The number of ether oxygens (including phenoxy) is 1. The largest absolute Gasteiger partial charge is 0.472 e. The van der Waals surface area contributed by atoms with Crippen LogP contribution in [0.1, 0.15) is 30.4 Å². The molecular weight excluding hydrogens is 290 g/mol. The number of aryl methyl sites for hydroxylation is 1. The third-order valence-corrected chi connectivity index (χ3v) is 5.01. The molecule has 3 heterocycles. The van der Waals surface area contributed by atoms with Gasteiger partial charge >= 0.3 is 0 Å². The van der Waals surface area contributed by atoms with Crippen LogP contribution in [0, 0.1) is 5.92 Å². The molecule has 0 amide bonds. The monoisotopic (exact) mass is 315 g/mol. The highest BCUT2D eigenvalue weighted by Gasteiger charge is 2.36. The van der Waals surface area contributed by atoms with Crippen LogP contribution in [0.4, 0.5) is 0 Å². The molecule has 0 spiro atoms. The Bertz CT molecular complexity index is 618. The van der Waals surface area contributed by atoms with Crippen LogP contribution in [0.2, 0.25) is 0 Å². The fourth-order valence-corrected chi connectivity index (χ4v) is 3.52. The van der Waals surface area contributed by atoms with Gasteiger partial charge < -0.3 is 9.15 Å². The van der Waals surface area contributed by atoms with E-state index in [1.165, 1.54) is 24.0 Å². The van der Waals surface area contributed by atoms with E-state index < -0.39 is 0 Å². The Morgan fingerprint density at radius 2 is 2.22 bits per heavy atom. The molecule has 0 aromatic carbocycles. The van der Waals surface area contributed by atoms with Gasteiger partial charge in [0.1, 0.15) is 0 Å². The zero-order chi connectivity index (χ0) is 15.6. The molecule has 1 saturated carbocycles. The summed E-state index contributed by atoms with van der Waals surface area (Å²) < 4.78 is 13.4. The second-order valence-electron chi connectivity index (χ2n) is 7.00. The summed E-state index contributed by atoms with van der Waals surface area (Å²) >= 11 is 0. The minimum atomic E-state index is 0.336. The van der Waals surface area contributed by atoms with Gasteiger partial charge in [0.2, 0.25) is 0 Å². The summed E-state index contributed by atoms with van der Waals surface area (Å²) in [4.78, 5) is 2.54. The zero-order valence-electron chi connectivity index (χ0n) is 13.7. The van der Waals surface area contributed by atoms with Crippen molar-refractivity contribution in [1.82, 2.24) is 14.7 Å². The van der Waals surface area contributed by atoms with Gasteiger partial charge in [0, 0.05) is 44.5 Å². The number of furan rings is 1. The van der Waals surface area contributed by atoms with E-state index in [0.29, 0.717) is 12.1 Å². The van der Waals surface area contributed by atoms with Crippen molar-refractivity contribution in [3.8, 4) is 0 Å². The molecule has 5 heteroatoms. The predicted molar refractivity (Wildman–Crippen MR) is 86.9 cm³/mol. The molecule has 23 heavy (non-hydrogen) atoms. The highest BCUT2D eigenvalue weighted by atomic mass is 16.5. The van der Waals surface area contributed by atoms with E-state index in [2.05, 4.69) is 22.3 Å². The Hall–Kier alpha value is -1.59. The lowest BCUT2D eigenvalue weighted by atomic mass is 10.0. The fourth-order valence-electron chi connectivity index (χ4n) is 3.52. The smallest absolute Gasteiger partial charge is 0.0947 e. The van der Waals surface area contributed by atoms with Crippen LogP contribution in [-0.4, -0.2) is 40.0 Å². The van der Waals surface area contributed by atoms with Crippen LogP contribution in [0.25, 0.3) is 0 Å². The number of nitrogens with zero attached hydrogens (tertiary/aromatic N) is 3. The maximum absolute atomic E-state index is 6.28. The number of likely N-dealkylation sites (tertiary alicyclic amines) is 1. The van der Waals surface area contributed by atoms with Crippen molar-refractivity contribution in [3.05, 3.63) is 42.1 Å². The second-order valence-corrected chi connectivity index (χ2v) is 7.00. The first-order valence-corrected chi connectivity index (χ1v) is 8.62. The zero-order valence-corrected chi connectivity index (χ0v) is 13.7. The standard InChI is InChI=1S/C18H25N3O2/c1-20-10-16(9-19-20)8-17-18(23-13-14-2-3-14)4-6-21(17)11-15-5-7-22-12-15/h5,7,9-10,12,14,17-18H,2-4,6,8,11,13H2,1H3/t17-,18-/m1/s1. The molecule has 0 radical (unpaired) electrons. The van der Waals surface area contributed by atoms with Gasteiger partial charge in [-0.3, -0.25) is 9.58 Å². The van der Waals surface area contributed by atoms with Gasteiger partial charge in [-0.2, -0.15) is 5.10 Å². The van der Waals surface area contributed by atoms with Gasteiger partial charge in [0.25, 0.3) is 0 Å². The molecule has 1 aliphatic carbocycles. The van der Waals surface area contributed by atoms with Crippen LogP contribution in [-0.2, 0) is 24.8 Å². The van der Waals surface area contributed by atoms with Crippen molar-refractivity contribution in [1.29, 1.82) is 0 Å². The average Bonchev–Trinajstić information content (AvgIpc) is 2.92. The fraction of sp³-hybridized carbons (Fsp3) is 0.611. The lowest BCUT2D eigenvalue weighted by Gasteiger charge is -2.27. The average molecular weight is 315 g/mol. The van der Waals surface area contributed by atoms with Crippen molar-refractivity contribution in [3.63, 3.8) is 0 Å². The summed E-state index contributed by atoms with van der Waals surface area (Å²) in [6.45, 7) is 2.96. The Balaban J connectivity index is 1.45. The maximum Gasteiger partial charge on any atom is 0.0947 e. The van der Waals surface area contributed by atoms with Gasteiger partial charge in [-0.05, 0) is 43.2 Å². The van der Waals surface area contributed by atoms with E-state index in [9.17, 15) is 0 Å². The van der Waals surface area contributed by atoms with Crippen LogP contribution in [0.3, 0.4) is 0 Å². The van der Waals surface area contributed by atoms with E-state index in [4.69, 9.17) is 9.15 Å². The second kappa shape index (κ2) is 6.49. The summed E-state index contributed by atoms with van der Waals surface area (Å²) in [6.07, 6.45) is 12.8. The Kier molecular flexibility index (Phi) is 4.23. The third kappa shape index (κ3) is 3.67. The lowest BCUT2D eigenvalue weighted by Crippen LogP contribution is -2.38. The minimum absolute atomic E-state index is 0.336. The van der Waals surface area contributed by atoms with Gasteiger partial charge in [0.15, 0.2) is 0 Å². The van der Waals surface area contributed by atoms with Crippen molar-refractivity contribution in [2.75, 3.05) is 13.2 Å². The summed E-state index contributed by atoms with van der Waals surface area (Å²) in [5.41, 5.74) is 2.53. The topological polar surface area (TPSA) is 43.4 Å². The quantitative estimate of drug-likeness (QED) is 0.788. The summed E-state index contributed by atoms with van der Waals surface area (Å²) in [5, 5.41) is 4.31. The van der Waals surface area contributed by atoms with E-state index >= 15 is 0 Å². The van der Waals surface area contributed by atoms with Gasteiger partial charge in [0.05, 0.1) is 24.8 Å². The number of hydrogen-bond acceptors (Lipinski definition) is 4. The van der Waals surface area contributed by atoms with Gasteiger partial charge in [-0.1, -0.05) is 0 Å². The van der Waals surface area contributed by atoms with E-state index in [1.54, 1.807) is 6.26 Å². The molecule has 0 unspecified atom stereocenters. The molecule has 1 saturated heterocycles. The Labute approximate surface area is 137 Å². The first-order valence-electron chi connectivity index (χ1n) is 8.62. The highest BCUT2D eigenvalue weighted by molar-refractivity contribution is 5.11. The van der Waals surface area contributed by atoms with Crippen LogP contribution in [0.5, 0.6) is 0 Å². The summed E-state index contributed by atoms with van der Waals surface area (Å²) in [7, 11) is 1.97. The number of aromatic nitrogens is 2. The molecule has 124 valence electrons. The first kappa shape index (κ1) is 15.0. The number of rotatable bonds is 7. The van der Waals surface area contributed by atoms with Gasteiger partial charge in [-0.25, -0.2) is 0 Å². The summed E-state index contributed by atoms with van der Waals surface area (Å²) in [6, 6.07) is 2.48. The summed E-state index contributed by atoms with van der Waals surface area (Å²) in [5.74, 6) is 0.817. The SMILES string of the molecule is Cn1cc(C[C@@H]2[C@H](OCC3CC3)CCN2Cc2ccoc2)cn1. The molecule has 1 aliphatic heterocycles. The molecule has 2 fully saturated rings. The van der Waals surface area contributed by atoms with Crippen LogP contribution < -0.4 is 0 Å². The van der Waals surface area contributed by atoms with Crippen molar-refractivity contribution < 1.29 is 9.15 Å². The van der Waals surface area contributed by atoms with E-state index in [-0.39, 0.29) is 0 Å². The van der Waals surface area contributed by atoms with E-state index in [1.807, 2.05) is 24.2 Å². The van der Waals surface area contributed by atoms with Crippen LogP contribution in [0.15, 0.2) is 35.4 Å². The molecule has 5 nitrogen and oxygen atoms in total. The third-order valence-electron chi connectivity index (χ3n) is 5.01. The van der Waals surface area contributed by atoms with Crippen LogP contribution >= 0.6 is 0 Å². The molecular formula is C18H25N3O2. The van der Waals surface area contributed by atoms with Crippen molar-refractivity contribution >= 4 is 0 Å². The molecule has 2 aromatic rings. The minimum Gasteiger partial charge on any atom is -0.472 e. The maximum atomic E-state index is 6.28. The normalized spacial score (nSPS) is 25.3. The Morgan fingerprint density at radius 1 is 1.30 bits per heavy atom. The number of hydrogen-bond donors (Lipinski definition) is 0. The van der Waals surface area contributed by atoms with E-state index in [0.717, 1.165) is 38.5 Å². The predicted octanol–water partition coefficient (Wildman–Crippen LogP) is 2.63. The molecule has 2 atom stereocenters.